The highest BCUT2D eigenvalue weighted by Gasteiger charge is 2.25. The SMILES string of the molecule is OC1C(NC2CCCC2)=Cc2ccccc21. The number of hydrogen-bond donors (Lipinski definition) is 2. The van der Waals surface area contributed by atoms with E-state index in [2.05, 4.69) is 17.5 Å². The lowest BCUT2D eigenvalue weighted by Crippen LogP contribution is -2.27. The Balaban J connectivity index is 1.79. The average Bonchev–Trinajstić information content (AvgIpc) is 2.90. The molecule has 1 saturated carbocycles. The van der Waals surface area contributed by atoms with Crippen molar-refractivity contribution < 1.29 is 5.11 Å². The van der Waals surface area contributed by atoms with Gasteiger partial charge in [-0.25, -0.2) is 0 Å². The van der Waals surface area contributed by atoms with E-state index in [1.165, 1.54) is 25.7 Å². The number of aliphatic hydroxyl groups is 1. The highest BCUT2D eigenvalue weighted by molar-refractivity contribution is 5.64. The van der Waals surface area contributed by atoms with Crippen LogP contribution in [-0.2, 0) is 0 Å². The van der Waals surface area contributed by atoms with Gasteiger partial charge in [0.05, 0.1) is 0 Å². The van der Waals surface area contributed by atoms with Crippen LogP contribution in [0.5, 0.6) is 0 Å². The van der Waals surface area contributed by atoms with Gasteiger partial charge >= 0.3 is 0 Å². The average molecular weight is 215 g/mol. The molecule has 0 saturated heterocycles. The zero-order valence-electron chi connectivity index (χ0n) is 9.32. The van der Waals surface area contributed by atoms with E-state index in [-0.39, 0.29) is 0 Å². The molecule has 0 radical (unpaired) electrons. The van der Waals surface area contributed by atoms with Crippen LogP contribution in [0.1, 0.15) is 42.9 Å². The second-order valence-electron chi connectivity index (χ2n) is 4.76. The van der Waals surface area contributed by atoms with Gasteiger partial charge in [-0.05, 0) is 30.0 Å². The fourth-order valence-electron chi connectivity index (χ4n) is 2.73. The Kier molecular flexibility index (Phi) is 2.44. The summed E-state index contributed by atoms with van der Waals surface area (Å²) < 4.78 is 0. The molecule has 1 unspecified atom stereocenters. The summed E-state index contributed by atoms with van der Waals surface area (Å²) >= 11 is 0. The normalized spacial score (nSPS) is 24.3. The molecule has 2 N–H and O–H groups in total. The van der Waals surface area contributed by atoms with E-state index in [4.69, 9.17) is 0 Å². The lowest BCUT2D eigenvalue weighted by atomic mass is 10.1. The van der Waals surface area contributed by atoms with Gasteiger partial charge in [0.1, 0.15) is 6.10 Å². The molecule has 2 aliphatic rings. The Labute approximate surface area is 96.0 Å². The number of aliphatic hydroxyl groups excluding tert-OH is 1. The van der Waals surface area contributed by atoms with E-state index >= 15 is 0 Å². The van der Waals surface area contributed by atoms with Crippen molar-refractivity contribution in [2.45, 2.75) is 37.8 Å². The van der Waals surface area contributed by atoms with Crippen LogP contribution >= 0.6 is 0 Å². The van der Waals surface area contributed by atoms with Crippen LogP contribution in [0.2, 0.25) is 0 Å². The van der Waals surface area contributed by atoms with E-state index in [0.29, 0.717) is 6.04 Å². The molecule has 1 fully saturated rings. The second kappa shape index (κ2) is 3.95. The van der Waals surface area contributed by atoms with E-state index in [1.807, 2.05) is 18.2 Å². The van der Waals surface area contributed by atoms with Gasteiger partial charge in [-0.1, -0.05) is 37.1 Å². The molecule has 2 heteroatoms. The summed E-state index contributed by atoms with van der Waals surface area (Å²) in [6.45, 7) is 0. The maximum absolute atomic E-state index is 10.2. The molecular weight excluding hydrogens is 198 g/mol. The summed E-state index contributed by atoms with van der Waals surface area (Å²) in [5.41, 5.74) is 3.16. The zero-order valence-corrected chi connectivity index (χ0v) is 9.32. The summed E-state index contributed by atoms with van der Waals surface area (Å²) in [6.07, 6.45) is 6.73. The lowest BCUT2D eigenvalue weighted by molar-refractivity contribution is 0.208. The van der Waals surface area contributed by atoms with Crippen molar-refractivity contribution >= 4 is 6.08 Å². The van der Waals surface area contributed by atoms with E-state index in [9.17, 15) is 5.11 Å². The smallest absolute Gasteiger partial charge is 0.119 e. The molecule has 16 heavy (non-hydrogen) atoms. The van der Waals surface area contributed by atoms with Gasteiger partial charge in [-0.15, -0.1) is 0 Å². The van der Waals surface area contributed by atoms with Crippen molar-refractivity contribution in [1.82, 2.24) is 5.32 Å². The van der Waals surface area contributed by atoms with Crippen LogP contribution in [-0.4, -0.2) is 11.1 Å². The first-order valence-corrected chi connectivity index (χ1v) is 6.10. The van der Waals surface area contributed by atoms with Crippen molar-refractivity contribution in [3.63, 3.8) is 0 Å². The maximum Gasteiger partial charge on any atom is 0.119 e. The van der Waals surface area contributed by atoms with Gasteiger partial charge in [-0.3, -0.25) is 0 Å². The summed E-state index contributed by atoms with van der Waals surface area (Å²) in [5, 5.41) is 13.7. The number of hydrogen-bond acceptors (Lipinski definition) is 2. The molecule has 0 bridgehead atoms. The minimum atomic E-state index is -0.447. The summed E-state index contributed by atoms with van der Waals surface area (Å²) in [5.74, 6) is 0. The molecule has 0 heterocycles. The van der Waals surface area contributed by atoms with E-state index in [1.54, 1.807) is 0 Å². The highest BCUT2D eigenvalue weighted by Crippen LogP contribution is 2.33. The molecule has 2 nitrogen and oxygen atoms in total. The molecule has 0 aliphatic heterocycles. The van der Waals surface area contributed by atoms with Crippen molar-refractivity contribution in [2.75, 3.05) is 0 Å². The van der Waals surface area contributed by atoms with Gasteiger partial charge in [0, 0.05) is 11.7 Å². The Hall–Kier alpha value is -1.28. The Morgan fingerprint density at radius 2 is 1.88 bits per heavy atom. The van der Waals surface area contributed by atoms with Gasteiger partial charge in [-0.2, -0.15) is 0 Å². The van der Waals surface area contributed by atoms with Gasteiger partial charge in [0.25, 0.3) is 0 Å². The van der Waals surface area contributed by atoms with Crippen LogP contribution in [0.15, 0.2) is 30.0 Å². The molecule has 3 rings (SSSR count). The predicted octanol–water partition coefficient (Wildman–Crippen LogP) is 2.61. The van der Waals surface area contributed by atoms with Crippen molar-refractivity contribution in [3.8, 4) is 0 Å². The van der Waals surface area contributed by atoms with E-state index < -0.39 is 6.10 Å². The van der Waals surface area contributed by atoms with Crippen molar-refractivity contribution in [2.24, 2.45) is 0 Å². The van der Waals surface area contributed by atoms with Crippen LogP contribution in [0, 0.1) is 0 Å². The Bertz CT molecular complexity index is 418. The van der Waals surface area contributed by atoms with Gasteiger partial charge in [0.15, 0.2) is 0 Å². The van der Waals surface area contributed by atoms with Crippen LogP contribution in [0.25, 0.3) is 6.08 Å². The third kappa shape index (κ3) is 1.63. The van der Waals surface area contributed by atoms with Crippen molar-refractivity contribution in [1.29, 1.82) is 0 Å². The third-order valence-corrected chi connectivity index (χ3v) is 3.62. The quantitative estimate of drug-likeness (QED) is 0.794. The minimum absolute atomic E-state index is 0.447. The largest absolute Gasteiger partial charge is 0.383 e. The third-order valence-electron chi connectivity index (χ3n) is 3.62. The second-order valence-corrected chi connectivity index (χ2v) is 4.76. The fourth-order valence-corrected chi connectivity index (χ4v) is 2.73. The molecular formula is C14H17NO. The summed E-state index contributed by atoms with van der Waals surface area (Å²) in [6, 6.07) is 8.62. The van der Waals surface area contributed by atoms with Crippen LogP contribution in [0.3, 0.4) is 0 Å². The maximum atomic E-state index is 10.2. The van der Waals surface area contributed by atoms with Crippen LogP contribution in [0.4, 0.5) is 0 Å². The lowest BCUT2D eigenvalue weighted by Gasteiger charge is -2.17. The first-order valence-electron chi connectivity index (χ1n) is 6.10. The van der Waals surface area contributed by atoms with Gasteiger partial charge < -0.3 is 10.4 Å². The number of rotatable bonds is 2. The standard InChI is InChI=1S/C14H17NO/c16-14-12-8-4-1-5-10(12)9-13(14)15-11-6-2-3-7-11/h1,4-5,8-9,11,14-16H,2-3,6-7H2. The summed E-state index contributed by atoms with van der Waals surface area (Å²) in [4.78, 5) is 0. The molecule has 84 valence electrons. The highest BCUT2D eigenvalue weighted by atomic mass is 16.3. The Morgan fingerprint density at radius 1 is 1.12 bits per heavy atom. The molecule has 2 aliphatic carbocycles. The first-order chi connectivity index (χ1) is 7.84. The first kappa shape index (κ1) is 9.91. The topological polar surface area (TPSA) is 32.3 Å². The van der Waals surface area contributed by atoms with Gasteiger partial charge in [0.2, 0.25) is 0 Å². The Morgan fingerprint density at radius 3 is 2.62 bits per heavy atom. The predicted molar refractivity (Wildman–Crippen MR) is 64.8 cm³/mol. The van der Waals surface area contributed by atoms with Crippen LogP contribution < -0.4 is 5.32 Å². The molecule has 1 aromatic rings. The monoisotopic (exact) mass is 215 g/mol. The van der Waals surface area contributed by atoms with E-state index in [0.717, 1.165) is 16.8 Å². The molecule has 1 aromatic carbocycles. The fraction of sp³-hybridized carbons (Fsp3) is 0.429. The number of nitrogens with one attached hydrogen (secondary N) is 1. The number of benzene rings is 1. The summed E-state index contributed by atoms with van der Waals surface area (Å²) in [7, 11) is 0. The molecule has 0 aromatic heterocycles. The minimum Gasteiger partial charge on any atom is -0.383 e. The molecule has 1 atom stereocenters. The van der Waals surface area contributed by atoms with Crippen molar-refractivity contribution in [3.05, 3.63) is 41.1 Å². The molecule has 0 spiro atoms. The zero-order chi connectivity index (χ0) is 11.0. The number of fused-ring (bicyclic) bond motifs is 1. The molecule has 0 amide bonds.